The van der Waals surface area contributed by atoms with Crippen molar-refractivity contribution in [1.82, 2.24) is 9.97 Å². The fourth-order valence-corrected chi connectivity index (χ4v) is 5.55. The molecular weight excluding hydrogens is 535 g/mol. The summed E-state index contributed by atoms with van der Waals surface area (Å²) in [4.78, 5) is 25.6. The summed E-state index contributed by atoms with van der Waals surface area (Å²) in [6.45, 7) is 1.87. The van der Waals surface area contributed by atoms with Crippen molar-refractivity contribution in [3.8, 4) is 0 Å². The number of nitrogens with one attached hydrogen (secondary N) is 1. The van der Waals surface area contributed by atoms with E-state index in [1.54, 1.807) is 17.5 Å². The van der Waals surface area contributed by atoms with Gasteiger partial charge in [-0.25, -0.2) is 9.97 Å². The van der Waals surface area contributed by atoms with Gasteiger partial charge in [-0.15, -0.1) is 22.7 Å². The smallest absolute Gasteiger partial charge is 0.239 e. The average Bonchev–Trinajstić information content (AvgIpc) is 3.36. The molecular formula is C20H15IN4OS3. The Kier molecular flexibility index (Phi) is 6.58. The van der Waals surface area contributed by atoms with Crippen LogP contribution in [0.15, 0.2) is 63.4 Å². The molecule has 1 atom stereocenters. The molecule has 2 aromatic heterocycles. The fourth-order valence-electron chi connectivity index (χ4n) is 2.42. The zero-order valence-corrected chi connectivity index (χ0v) is 19.8. The maximum Gasteiger partial charge on any atom is 0.239 e. The van der Waals surface area contributed by atoms with Gasteiger partial charge in [0.15, 0.2) is 9.47 Å². The zero-order valence-electron chi connectivity index (χ0n) is 15.2. The Labute approximate surface area is 193 Å². The van der Waals surface area contributed by atoms with Gasteiger partial charge < -0.3 is 5.32 Å². The first-order chi connectivity index (χ1) is 14.1. The minimum atomic E-state index is -0.266. The second-order valence-corrected chi connectivity index (χ2v) is 10.8. The zero-order chi connectivity index (χ0) is 20.2. The largest absolute Gasteiger partial charge is 0.301 e. The highest BCUT2D eigenvalue weighted by molar-refractivity contribution is 14.1. The fraction of sp³-hybridized carbons (Fsp3) is 0.100. The molecule has 4 aromatic rings. The topological polar surface area (TPSA) is 67.2 Å². The summed E-state index contributed by atoms with van der Waals surface area (Å²) < 4.78 is 3.11. The number of aliphatic imine (C=N–C) groups is 1. The summed E-state index contributed by atoms with van der Waals surface area (Å²) in [6.07, 6.45) is 3.53. The Morgan fingerprint density at radius 1 is 1.28 bits per heavy atom. The van der Waals surface area contributed by atoms with Crippen LogP contribution in [0, 0.1) is 3.57 Å². The van der Waals surface area contributed by atoms with Gasteiger partial charge in [-0.2, -0.15) is 0 Å². The minimum absolute atomic E-state index is 0.0768. The van der Waals surface area contributed by atoms with Crippen LogP contribution in [0.3, 0.4) is 0 Å². The molecule has 9 heteroatoms. The van der Waals surface area contributed by atoms with Crippen LogP contribution in [-0.4, -0.2) is 27.3 Å². The molecule has 1 N–H and O–H groups in total. The number of hydrogen-bond acceptors (Lipinski definition) is 7. The van der Waals surface area contributed by atoms with Gasteiger partial charge in [0.05, 0.1) is 21.2 Å². The lowest BCUT2D eigenvalue weighted by Gasteiger charge is -2.07. The molecule has 0 fully saturated rings. The van der Waals surface area contributed by atoms with Gasteiger partial charge in [0.25, 0.3) is 0 Å². The lowest BCUT2D eigenvalue weighted by Crippen LogP contribution is -2.22. The number of thiazole rings is 2. The van der Waals surface area contributed by atoms with Crippen molar-refractivity contribution >= 4 is 90.2 Å². The molecule has 0 bridgehead atoms. The third-order valence-electron chi connectivity index (χ3n) is 3.89. The summed E-state index contributed by atoms with van der Waals surface area (Å²) in [5.74, 6) is -0.0768. The number of amides is 1. The van der Waals surface area contributed by atoms with E-state index in [0.29, 0.717) is 5.13 Å². The van der Waals surface area contributed by atoms with E-state index >= 15 is 0 Å². The number of nitrogens with zero attached hydrogens (tertiary/aromatic N) is 3. The van der Waals surface area contributed by atoms with Gasteiger partial charge in [0, 0.05) is 21.4 Å². The first-order valence-electron chi connectivity index (χ1n) is 8.64. The number of thioether (sulfide) groups is 1. The maximum absolute atomic E-state index is 12.3. The molecule has 5 nitrogen and oxygen atoms in total. The molecule has 146 valence electrons. The van der Waals surface area contributed by atoms with Gasteiger partial charge in [-0.1, -0.05) is 23.9 Å². The summed E-state index contributed by atoms with van der Waals surface area (Å²) in [5.41, 5.74) is 2.86. The average molecular weight is 550 g/mol. The van der Waals surface area contributed by atoms with E-state index in [0.717, 1.165) is 25.8 Å². The summed E-state index contributed by atoms with van der Waals surface area (Å²) >= 11 is 6.71. The number of benzene rings is 2. The molecule has 0 saturated heterocycles. The van der Waals surface area contributed by atoms with Crippen molar-refractivity contribution in [1.29, 1.82) is 0 Å². The molecule has 0 aliphatic rings. The molecule has 0 unspecified atom stereocenters. The van der Waals surface area contributed by atoms with E-state index in [4.69, 9.17) is 0 Å². The molecule has 4 rings (SSSR count). The highest BCUT2D eigenvalue weighted by atomic mass is 127. The van der Waals surface area contributed by atoms with E-state index in [9.17, 15) is 4.79 Å². The van der Waals surface area contributed by atoms with Crippen LogP contribution in [0.4, 0.5) is 10.8 Å². The van der Waals surface area contributed by atoms with E-state index in [1.807, 2.05) is 48.9 Å². The number of rotatable bonds is 6. The molecule has 29 heavy (non-hydrogen) atoms. The van der Waals surface area contributed by atoms with E-state index in [2.05, 4.69) is 55.0 Å². The van der Waals surface area contributed by atoms with E-state index < -0.39 is 0 Å². The number of halogens is 1. The van der Waals surface area contributed by atoms with Crippen LogP contribution >= 0.6 is 57.0 Å². The second kappa shape index (κ2) is 9.33. The number of hydrogen-bond donors (Lipinski definition) is 1. The Hall–Kier alpha value is -1.82. The maximum atomic E-state index is 12.3. The highest BCUT2D eigenvalue weighted by Gasteiger charge is 2.18. The van der Waals surface area contributed by atoms with Crippen LogP contribution in [0.2, 0.25) is 0 Å². The van der Waals surface area contributed by atoms with Crippen molar-refractivity contribution in [2.75, 3.05) is 5.32 Å². The Bertz CT molecular complexity index is 1160. The normalized spacial score (nSPS) is 12.5. The standard InChI is InChI=1S/C20H15IN4OS3/c1-12(18(26)25-19-22-8-9-27-19)28-20-24-16-7-6-15(10-17(16)29-20)23-11-13-2-4-14(21)5-3-13/h2-12H,1H3,(H,22,25,26)/t12-/m0/s1. The molecule has 1 amide bonds. The quantitative estimate of drug-likeness (QED) is 0.176. The number of aromatic nitrogens is 2. The van der Waals surface area contributed by atoms with Gasteiger partial charge in [-0.3, -0.25) is 9.79 Å². The first kappa shape index (κ1) is 20.5. The predicted molar refractivity (Wildman–Crippen MR) is 132 cm³/mol. The van der Waals surface area contributed by atoms with Crippen LogP contribution in [0.1, 0.15) is 12.5 Å². The van der Waals surface area contributed by atoms with Crippen molar-refractivity contribution < 1.29 is 4.79 Å². The lowest BCUT2D eigenvalue weighted by molar-refractivity contribution is -0.115. The Morgan fingerprint density at radius 2 is 2.10 bits per heavy atom. The van der Waals surface area contributed by atoms with Gasteiger partial charge in [0.1, 0.15) is 0 Å². The molecule has 0 radical (unpaired) electrons. The van der Waals surface area contributed by atoms with Crippen LogP contribution in [0.5, 0.6) is 0 Å². The number of anilines is 1. The van der Waals surface area contributed by atoms with Crippen molar-refractivity contribution in [3.05, 3.63) is 63.2 Å². The molecule has 0 aliphatic heterocycles. The number of carbonyl (C=O) groups is 1. The SMILES string of the molecule is C[C@H](Sc1nc2ccc(N=Cc3ccc(I)cc3)cc2s1)C(=O)Nc1nccs1. The molecule has 0 aliphatic carbocycles. The summed E-state index contributed by atoms with van der Waals surface area (Å²) in [6, 6.07) is 14.2. The van der Waals surface area contributed by atoms with Gasteiger partial charge in [-0.05, 0) is 65.4 Å². The summed E-state index contributed by atoms with van der Waals surface area (Å²) in [5, 5.41) is 5.01. The van der Waals surface area contributed by atoms with Crippen LogP contribution in [-0.2, 0) is 4.79 Å². The first-order valence-corrected chi connectivity index (χ1v) is 12.3. The third kappa shape index (κ3) is 5.41. The van der Waals surface area contributed by atoms with Crippen LogP contribution in [0.25, 0.3) is 10.2 Å². The number of fused-ring (bicyclic) bond motifs is 1. The predicted octanol–water partition coefficient (Wildman–Crippen LogP) is 6.23. The van der Waals surface area contributed by atoms with E-state index in [-0.39, 0.29) is 11.2 Å². The van der Waals surface area contributed by atoms with E-state index in [1.165, 1.54) is 26.7 Å². The third-order valence-corrected chi connectivity index (χ3v) is 7.51. The monoisotopic (exact) mass is 550 g/mol. The number of carbonyl (C=O) groups excluding carboxylic acids is 1. The molecule has 2 heterocycles. The Morgan fingerprint density at radius 3 is 2.86 bits per heavy atom. The summed E-state index contributed by atoms with van der Waals surface area (Å²) in [7, 11) is 0. The van der Waals surface area contributed by atoms with Crippen molar-refractivity contribution in [2.24, 2.45) is 4.99 Å². The molecule has 0 saturated carbocycles. The Balaban J connectivity index is 1.45. The molecule has 2 aromatic carbocycles. The lowest BCUT2D eigenvalue weighted by atomic mass is 10.2. The second-order valence-electron chi connectivity index (χ2n) is 6.03. The minimum Gasteiger partial charge on any atom is -0.301 e. The van der Waals surface area contributed by atoms with Crippen molar-refractivity contribution in [2.45, 2.75) is 16.5 Å². The van der Waals surface area contributed by atoms with Gasteiger partial charge >= 0.3 is 0 Å². The van der Waals surface area contributed by atoms with Gasteiger partial charge in [0.2, 0.25) is 5.91 Å². The molecule has 0 spiro atoms. The van der Waals surface area contributed by atoms with Crippen LogP contribution < -0.4 is 5.32 Å². The van der Waals surface area contributed by atoms with Crippen molar-refractivity contribution in [3.63, 3.8) is 0 Å². The highest BCUT2D eigenvalue weighted by Crippen LogP contribution is 2.34.